The number of ether oxygens (including phenoxy) is 3. The Balaban J connectivity index is 2.00. The second-order valence-electron chi connectivity index (χ2n) is 7.12. The van der Waals surface area contributed by atoms with Gasteiger partial charge in [-0.05, 0) is 42.3 Å². The quantitative estimate of drug-likeness (QED) is 0.433. The van der Waals surface area contributed by atoms with E-state index in [2.05, 4.69) is 0 Å². The Morgan fingerprint density at radius 2 is 1.71 bits per heavy atom. The van der Waals surface area contributed by atoms with Crippen molar-refractivity contribution in [3.8, 4) is 17.2 Å². The van der Waals surface area contributed by atoms with Crippen molar-refractivity contribution >= 4 is 16.9 Å². The highest BCUT2D eigenvalue weighted by Crippen LogP contribution is 2.29. The highest BCUT2D eigenvalue weighted by atomic mass is 16.5. The van der Waals surface area contributed by atoms with Crippen molar-refractivity contribution in [2.45, 2.75) is 20.0 Å². The minimum Gasteiger partial charge on any atom is -0.508 e. The Labute approximate surface area is 179 Å². The van der Waals surface area contributed by atoms with Crippen LogP contribution in [0.3, 0.4) is 0 Å². The predicted molar refractivity (Wildman–Crippen MR) is 115 cm³/mol. The number of nitrogens with zero attached hydrogens (tertiary/aromatic N) is 1. The first kappa shape index (κ1) is 22.2. The number of phenols is 1. The summed E-state index contributed by atoms with van der Waals surface area (Å²) >= 11 is 0. The van der Waals surface area contributed by atoms with Crippen LogP contribution in [0.2, 0.25) is 0 Å². The zero-order valence-electron chi connectivity index (χ0n) is 17.9. The Kier molecular flexibility index (Phi) is 6.81. The van der Waals surface area contributed by atoms with Gasteiger partial charge >= 0.3 is 11.6 Å². The van der Waals surface area contributed by atoms with Crippen molar-refractivity contribution in [2.24, 2.45) is 0 Å². The summed E-state index contributed by atoms with van der Waals surface area (Å²) in [5.41, 5.74) is 1.81. The molecular weight excluding hydrogens is 402 g/mol. The number of aromatic hydroxyl groups is 1. The highest BCUT2D eigenvalue weighted by Gasteiger charge is 2.17. The summed E-state index contributed by atoms with van der Waals surface area (Å²) in [6, 6.07) is 10.1. The van der Waals surface area contributed by atoms with Gasteiger partial charge in [-0.2, -0.15) is 0 Å². The van der Waals surface area contributed by atoms with Crippen LogP contribution in [0.4, 0.5) is 0 Å². The molecule has 1 N–H and O–H groups in total. The maximum absolute atomic E-state index is 12.2. The maximum atomic E-state index is 12.2. The average Bonchev–Trinajstić information content (AvgIpc) is 2.76. The number of benzene rings is 2. The summed E-state index contributed by atoms with van der Waals surface area (Å²) in [7, 11) is 4.46. The molecule has 1 aromatic heterocycles. The first-order valence-corrected chi connectivity index (χ1v) is 9.61. The molecule has 0 atom stereocenters. The van der Waals surface area contributed by atoms with Gasteiger partial charge in [0.05, 0.1) is 27.9 Å². The SMILES string of the molecule is COC(=O)CN(Cc1cc(OC)cc(OC)c1)Cc1cc(=O)oc2c(C)c(O)ccc12. The van der Waals surface area contributed by atoms with E-state index in [1.807, 2.05) is 17.0 Å². The van der Waals surface area contributed by atoms with Crippen LogP contribution in [0.5, 0.6) is 17.2 Å². The number of methoxy groups -OCH3 is 3. The fraction of sp³-hybridized carbons (Fsp3) is 0.304. The van der Waals surface area contributed by atoms with Crippen LogP contribution in [0, 0.1) is 6.92 Å². The Hall–Kier alpha value is -3.52. The fourth-order valence-corrected chi connectivity index (χ4v) is 3.42. The number of rotatable bonds is 8. The van der Waals surface area contributed by atoms with Crippen molar-refractivity contribution in [1.29, 1.82) is 0 Å². The van der Waals surface area contributed by atoms with E-state index >= 15 is 0 Å². The van der Waals surface area contributed by atoms with Gasteiger partial charge in [-0.15, -0.1) is 0 Å². The van der Waals surface area contributed by atoms with Gasteiger partial charge in [-0.3, -0.25) is 9.69 Å². The molecule has 0 aliphatic carbocycles. The molecule has 0 saturated carbocycles. The van der Waals surface area contributed by atoms with E-state index in [9.17, 15) is 14.7 Å². The lowest BCUT2D eigenvalue weighted by molar-refractivity contribution is -0.142. The number of aryl methyl sites for hydroxylation is 1. The topological polar surface area (TPSA) is 98.4 Å². The first-order valence-electron chi connectivity index (χ1n) is 9.61. The third-order valence-electron chi connectivity index (χ3n) is 5.01. The van der Waals surface area contributed by atoms with Crippen LogP contribution < -0.4 is 15.1 Å². The van der Waals surface area contributed by atoms with Crippen LogP contribution in [-0.4, -0.2) is 43.8 Å². The molecule has 0 saturated heterocycles. The van der Waals surface area contributed by atoms with E-state index in [1.54, 1.807) is 39.3 Å². The van der Waals surface area contributed by atoms with E-state index < -0.39 is 11.6 Å². The zero-order valence-corrected chi connectivity index (χ0v) is 17.9. The fourth-order valence-electron chi connectivity index (χ4n) is 3.42. The number of carbonyl (C=O) groups is 1. The molecule has 164 valence electrons. The third-order valence-corrected chi connectivity index (χ3v) is 5.01. The Morgan fingerprint density at radius 3 is 2.32 bits per heavy atom. The molecule has 2 aromatic carbocycles. The van der Waals surface area contributed by atoms with E-state index in [-0.39, 0.29) is 18.8 Å². The molecule has 0 bridgehead atoms. The average molecular weight is 427 g/mol. The lowest BCUT2D eigenvalue weighted by Crippen LogP contribution is -2.30. The second kappa shape index (κ2) is 9.53. The van der Waals surface area contributed by atoms with E-state index in [0.29, 0.717) is 40.1 Å². The van der Waals surface area contributed by atoms with Crippen molar-refractivity contribution in [2.75, 3.05) is 27.9 Å². The van der Waals surface area contributed by atoms with Crippen LogP contribution in [-0.2, 0) is 22.6 Å². The van der Waals surface area contributed by atoms with Gasteiger partial charge in [0.25, 0.3) is 0 Å². The molecule has 8 heteroatoms. The van der Waals surface area contributed by atoms with Crippen molar-refractivity contribution in [3.63, 3.8) is 0 Å². The van der Waals surface area contributed by atoms with Gasteiger partial charge in [-0.1, -0.05) is 0 Å². The molecular formula is C23H25NO7. The second-order valence-corrected chi connectivity index (χ2v) is 7.12. The van der Waals surface area contributed by atoms with Crippen molar-refractivity contribution in [3.05, 3.63) is 63.5 Å². The van der Waals surface area contributed by atoms with Crippen LogP contribution >= 0.6 is 0 Å². The summed E-state index contributed by atoms with van der Waals surface area (Å²) in [6.07, 6.45) is 0. The number of hydrogen-bond donors (Lipinski definition) is 1. The molecule has 1 heterocycles. The number of phenolic OH excluding ortho intramolecular Hbond substituents is 1. The molecule has 0 fully saturated rings. The smallest absolute Gasteiger partial charge is 0.336 e. The summed E-state index contributed by atoms with van der Waals surface area (Å²) in [5, 5.41) is 10.7. The molecule has 31 heavy (non-hydrogen) atoms. The van der Waals surface area contributed by atoms with Gasteiger partial charge in [0.2, 0.25) is 0 Å². The predicted octanol–water partition coefficient (Wildman–Crippen LogP) is 3.00. The lowest BCUT2D eigenvalue weighted by Gasteiger charge is -2.22. The molecule has 0 amide bonds. The Bertz CT molecular complexity index is 1130. The van der Waals surface area contributed by atoms with Crippen molar-refractivity contribution in [1.82, 2.24) is 4.90 Å². The molecule has 0 unspecified atom stereocenters. The zero-order chi connectivity index (χ0) is 22.5. The largest absolute Gasteiger partial charge is 0.508 e. The standard InChI is InChI=1S/C23H25NO7/c1-14-20(25)6-5-19-16(9-21(26)31-23(14)19)12-24(13-22(27)30-4)11-15-7-17(28-2)10-18(8-15)29-3/h5-10,25H,11-13H2,1-4H3. The molecule has 0 spiro atoms. The number of carbonyl (C=O) groups excluding carboxylic acids is 1. The minimum absolute atomic E-state index is 0.00874. The molecule has 0 aliphatic heterocycles. The summed E-state index contributed by atoms with van der Waals surface area (Å²) in [5.74, 6) is 0.896. The summed E-state index contributed by atoms with van der Waals surface area (Å²) in [4.78, 5) is 26.1. The normalized spacial score (nSPS) is 11.0. The first-order chi connectivity index (χ1) is 14.8. The van der Waals surface area contributed by atoms with Gasteiger partial charge in [0.15, 0.2) is 0 Å². The van der Waals surface area contributed by atoms with Gasteiger partial charge < -0.3 is 23.7 Å². The van der Waals surface area contributed by atoms with Crippen LogP contribution in [0.1, 0.15) is 16.7 Å². The Morgan fingerprint density at radius 1 is 1.03 bits per heavy atom. The molecule has 3 aromatic rings. The highest BCUT2D eigenvalue weighted by molar-refractivity contribution is 5.84. The molecule has 0 radical (unpaired) electrons. The minimum atomic E-state index is -0.530. The molecule has 3 rings (SSSR count). The summed E-state index contributed by atoms with van der Waals surface area (Å²) < 4.78 is 20.8. The third kappa shape index (κ3) is 5.16. The van der Waals surface area contributed by atoms with Crippen LogP contribution in [0.15, 0.2) is 45.6 Å². The van der Waals surface area contributed by atoms with Gasteiger partial charge in [0, 0.05) is 36.2 Å². The van der Waals surface area contributed by atoms with Gasteiger partial charge in [-0.25, -0.2) is 4.79 Å². The van der Waals surface area contributed by atoms with E-state index in [4.69, 9.17) is 18.6 Å². The number of esters is 1. The monoisotopic (exact) mass is 427 g/mol. The van der Waals surface area contributed by atoms with Gasteiger partial charge in [0.1, 0.15) is 22.8 Å². The molecule has 0 aliphatic rings. The van der Waals surface area contributed by atoms with E-state index in [0.717, 1.165) is 5.56 Å². The number of hydrogen-bond acceptors (Lipinski definition) is 8. The number of fused-ring (bicyclic) bond motifs is 1. The molecule has 8 nitrogen and oxygen atoms in total. The lowest BCUT2D eigenvalue weighted by atomic mass is 10.1. The summed E-state index contributed by atoms with van der Waals surface area (Å²) in [6.45, 7) is 2.34. The van der Waals surface area contributed by atoms with Crippen LogP contribution in [0.25, 0.3) is 11.0 Å². The van der Waals surface area contributed by atoms with Crippen molar-refractivity contribution < 1.29 is 28.5 Å². The maximum Gasteiger partial charge on any atom is 0.336 e. The van der Waals surface area contributed by atoms with E-state index in [1.165, 1.54) is 13.2 Å².